The Morgan fingerprint density at radius 2 is 1.79 bits per heavy atom. The number of hydrogen-bond donors (Lipinski definition) is 2. The van der Waals surface area contributed by atoms with Crippen LogP contribution in [0, 0.1) is 6.92 Å². The van der Waals surface area contributed by atoms with Gasteiger partial charge in [0.25, 0.3) is 0 Å². The molecule has 0 saturated heterocycles. The predicted molar refractivity (Wildman–Crippen MR) is 75.0 cm³/mol. The molecule has 0 radical (unpaired) electrons. The summed E-state index contributed by atoms with van der Waals surface area (Å²) in [6.45, 7) is 5.65. The smallest absolute Gasteiger partial charge is 0.360 e. The third-order valence-corrected chi connectivity index (χ3v) is 5.02. The number of nitrogens with two attached hydrogens (primary N) is 1. The molecule has 2 atom stereocenters. The molecule has 6 heteroatoms. The minimum absolute atomic E-state index is 0.189. The van der Waals surface area contributed by atoms with Gasteiger partial charge in [-0.3, -0.25) is 4.57 Å². The van der Waals surface area contributed by atoms with Crippen LogP contribution in [0.25, 0.3) is 0 Å². The highest BCUT2D eigenvalue weighted by molar-refractivity contribution is 7.54. The van der Waals surface area contributed by atoms with E-state index in [4.69, 9.17) is 14.8 Å². The predicted octanol–water partition coefficient (Wildman–Crippen LogP) is 2.58. The molecule has 0 aliphatic rings. The number of hydrogen-bond acceptors (Lipinski definition) is 5. The van der Waals surface area contributed by atoms with Crippen LogP contribution >= 0.6 is 7.60 Å². The van der Waals surface area contributed by atoms with E-state index in [1.807, 2.05) is 25.1 Å². The lowest BCUT2D eigenvalue weighted by molar-refractivity contribution is 0.134. The summed E-state index contributed by atoms with van der Waals surface area (Å²) in [4.78, 5) is 0. The van der Waals surface area contributed by atoms with Gasteiger partial charge in [0.1, 0.15) is 0 Å². The number of aryl methyl sites for hydroxylation is 1. The third-order valence-electron chi connectivity index (χ3n) is 2.81. The first-order chi connectivity index (χ1) is 8.96. The average Bonchev–Trinajstić information content (AvgIpc) is 2.38. The normalized spacial score (nSPS) is 15.2. The molecular weight excluding hydrogens is 265 g/mol. The number of rotatable bonds is 7. The van der Waals surface area contributed by atoms with E-state index in [0.29, 0.717) is 0 Å². The largest absolute Gasteiger partial charge is 0.379 e. The molecular formula is C13H22NO4P. The van der Waals surface area contributed by atoms with Crippen molar-refractivity contribution in [1.29, 1.82) is 0 Å². The molecule has 0 fully saturated rings. The second kappa shape index (κ2) is 7.17. The van der Waals surface area contributed by atoms with Crippen LogP contribution in [0.2, 0.25) is 0 Å². The lowest BCUT2D eigenvalue weighted by Crippen LogP contribution is -2.28. The Labute approximate surface area is 114 Å². The van der Waals surface area contributed by atoms with Gasteiger partial charge < -0.3 is 19.9 Å². The molecule has 0 amide bonds. The fourth-order valence-corrected chi connectivity index (χ4v) is 3.52. The Balaban J connectivity index is 3.00. The highest BCUT2D eigenvalue weighted by Crippen LogP contribution is 2.55. The third kappa shape index (κ3) is 3.88. The standard InChI is InChI=1S/C13H22NO4P/c1-4-17-19(16,18-5-2)13(15)12(14)11-9-7-6-8-10(11)3/h6-9,12-13,15H,4-5,14H2,1-3H3/t12-,13+/m0/s1. The minimum Gasteiger partial charge on any atom is -0.379 e. The van der Waals surface area contributed by atoms with Gasteiger partial charge in [-0.25, -0.2) is 0 Å². The van der Waals surface area contributed by atoms with Crippen molar-refractivity contribution in [3.05, 3.63) is 35.4 Å². The van der Waals surface area contributed by atoms with Gasteiger partial charge in [-0.1, -0.05) is 24.3 Å². The van der Waals surface area contributed by atoms with Crippen LogP contribution in [0.15, 0.2) is 24.3 Å². The summed E-state index contributed by atoms with van der Waals surface area (Å²) in [5, 5.41) is 10.2. The summed E-state index contributed by atoms with van der Waals surface area (Å²) in [5.74, 6) is -1.38. The van der Waals surface area contributed by atoms with Crippen molar-refractivity contribution in [3.63, 3.8) is 0 Å². The number of aliphatic hydroxyl groups is 1. The molecule has 0 aromatic heterocycles. The van der Waals surface area contributed by atoms with E-state index in [2.05, 4.69) is 0 Å². The zero-order valence-corrected chi connectivity index (χ0v) is 12.5. The average molecular weight is 287 g/mol. The minimum atomic E-state index is -3.62. The molecule has 0 aliphatic carbocycles. The Morgan fingerprint density at radius 1 is 1.26 bits per heavy atom. The van der Waals surface area contributed by atoms with Crippen LogP contribution < -0.4 is 5.73 Å². The van der Waals surface area contributed by atoms with Gasteiger partial charge >= 0.3 is 7.60 Å². The summed E-state index contributed by atoms with van der Waals surface area (Å²) >= 11 is 0. The van der Waals surface area contributed by atoms with E-state index >= 15 is 0 Å². The van der Waals surface area contributed by atoms with Crippen molar-refractivity contribution < 1.29 is 18.7 Å². The maximum atomic E-state index is 12.5. The maximum absolute atomic E-state index is 12.5. The quantitative estimate of drug-likeness (QED) is 0.753. The van der Waals surface area contributed by atoms with Crippen molar-refractivity contribution >= 4 is 7.60 Å². The van der Waals surface area contributed by atoms with Gasteiger partial charge in [-0.2, -0.15) is 0 Å². The summed E-state index contributed by atoms with van der Waals surface area (Å²) in [6.07, 6.45) is 0. The maximum Gasteiger partial charge on any atom is 0.360 e. The summed E-state index contributed by atoms with van der Waals surface area (Å²) in [7, 11) is -3.62. The Kier molecular flexibility index (Phi) is 6.17. The monoisotopic (exact) mass is 287 g/mol. The lowest BCUT2D eigenvalue weighted by atomic mass is 10.0. The van der Waals surface area contributed by atoms with E-state index in [1.165, 1.54) is 0 Å². The fourth-order valence-electron chi connectivity index (χ4n) is 1.87. The van der Waals surface area contributed by atoms with Crippen molar-refractivity contribution in [2.75, 3.05) is 13.2 Å². The van der Waals surface area contributed by atoms with Gasteiger partial charge in [-0.15, -0.1) is 0 Å². The summed E-state index contributed by atoms with van der Waals surface area (Å²) in [6, 6.07) is 6.56. The zero-order chi connectivity index (χ0) is 14.5. The van der Waals surface area contributed by atoms with Crippen LogP contribution in [-0.2, 0) is 13.6 Å². The Morgan fingerprint density at radius 3 is 2.26 bits per heavy atom. The molecule has 5 nitrogen and oxygen atoms in total. The molecule has 0 aliphatic heterocycles. The fraction of sp³-hybridized carbons (Fsp3) is 0.538. The number of benzene rings is 1. The van der Waals surface area contributed by atoms with Gasteiger partial charge in [0.15, 0.2) is 5.85 Å². The van der Waals surface area contributed by atoms with E-state index in [-0.39, 0.29) is 13.2 Å². The van der Waals surface area contributed by atoms with Gasteiger partial charge in [-0.05, 0) is 31.9 Å². The second-order valence-corrected chi connectivity index (χ2v) is 6.30. The molecule has 1 aromatic carbocycles. The van der Waals surface area contributed by atoms with Crippen LogP contribution in [-0.4, -0.2) is 24.2 Å². The molecule has 1 rings (SSSR count). The molecule has 0 unspecified atom stereocenters. The van der Waals surface area contributed by atoms with E-state index < -0.39 is 19.5 Å². The highest BCUT2D eigenvalue weighted by atomic mass is 31.2. The number of aliphatic hydroxyl groups excluding tert-OH is 1. The van der Waals surface area contributed by atoms with Crippen molar-refractivity contribution in [2.24, 2.45) is 5.73 Å². The van der Waals surface area contributed by atoms with Crippen LogP contribution in [0.3, 0.4) is 0 Å². The molecule has 0 heterocycles. The second-order valence-electron chi connectivity index (χ2n) is 4.17. The van der Waals surface area contributed by atoms with Crippen molar-refractivity contribution in [2.45, 2.75) is 32.7 Å². The summed E-state index contributed by atoms with van der Waals surface area (Å²) < 4.78 is 22.7. The topological polar surface area (TPSA) is 81.8 Å². The molecule has 0 bridgehead atoms. The van der Waals surface area contributed by atoms with Crippen molar-refractivity contribution in [1.82, 2.24) is 0 Å². The first-order valence-corrected chi connectivity index (χ1v) is 7.95. The van der Waals surface area contributed by atoms with Crippen LogP contribution in [0.1, 0.15) is 31.0 Å². The van der Waals surface area contributed by atoms with Crippen LogP contribution in [0.4, 0.5) is 0 Å². The van der Waals surface area contributed by atoms with E-state index in [9.17, 15) is 9.67 Å². The molecule has 0 saturated carbocycles. The van der Waals surface area contributed by atoms with Crippen molar-refractivity contribution in [3.8, 4) is 0 Å². The molecule has 1 aromatic rings. The van der Waals surface area contributed by atoms with Gasteiger partial charge in [0, 0.05) is 0 Å². The first-order valence-electron chi connectivity index (χ1n) is 6.34. The SMILES string of the molecule is CCOP(=O)(OCC)[C@@H](O)[C@@H](N)c1ccccc1C. The lowest BCUT2D eigenvalue weighted by Gasteiger charge is -2.27. The van der Waals surface area contributed by atoms with Gasteiger partial charge in [0.2, 0.25) is 0 Å². The van der Waals surface area contributed by atoms with Gasteiger partial charge in [0.05, 0.1) is 19.3 Å². The van der Waals surface area contributed by atoms with E-state index in [0.717, 1.165) is 11.1 Å². The Hall–Kier alpha value is -0.710. The molecule has 0 spiro atoms. The summed E-state index contributed by atoms with van der Waals surface area (Å²) in [5.41, 5.74) is 7.66. The van der Waals surface area contributed by atoms with E-state index in [1.54, 1.807) is 19.9 Å². The Bertz CT molecular complexity index is 442. The zero-order valence-electron chi connectivity index (χ0n) is 11.6. The molecule has 3 N–H and O–H groups in total. The van der Waals surface area contributed by atoms with Crippen LogP contribution in [0.5, 0.6) is 0 Å². The highest BCUT2D eigenvalue weighted by Gasteiger charge is 2.39. The molecule has 19 heavy (non-hydrogen) atoms. The molecule has 108 valence electrons. The first kappa shape index (κ1) is 16.3.